The van der Waals surface area contributed by atoms with Crippen molar-refractivity contribution in [3.05, 3.63) is 120 Å². The predicted octanol–water partition coefficient (Wildman–Crippen LogP) is 1.33. The molecule has 0 heterocycles. The molecule has 0 saturated carbocycles. The summed E-state index contributed by atoms with van der Waals surface area (Å²) in [4.78, 5) is 20.6. The molecule has 0 bridgehead atoms. The summed E-state index contributed by atoms with van der Waals surface area (Å²) in [7, 11) is 2.96. The molecule has 0 spiro atoms. The summed E-state index contributed by atoms with van der Waals surface area (Å²) in [5.41, 5.74) is 0.258. The Hall–Kier alpha value is -3.61. The first kappa shape index (κ1) is 29.4. The van der Waals surface area contributed by atoms with Gasteiger partial charge in [-0.3, -0.25) is 0 Å². The first-order chi connectivity index (χ1) is 15.5. The van der Waals surface area contributed by atoms with E-state index in [1.165, 1.54) is 38.5 Å². The van der Waals surface area contributed by atoms with E-state index in [-0.39, 0.29) is 32.8 Å². The van der Waals surface area contributed by atoms with E-state index >= 15 is 0 Å². The van der Waals surface area contributed by atoms with Gasteiger partial charge in [-0.25, -0.2) is 0 Å². The summed E-state index contributed by atoms with van der Waals surface area (Å²) >= 11 is 0. The topological polar surface area (TPSA) is 98.7 Å². The molecule has 168 valence electrons. The van der Waals surface area contributed by atoms with Gasteiger partial charge in [0.1, 0.15) is 11.5 Å². The molecule has 4 aromatic carbocycles. The van der Waals surface area contributed by atoms with Crippen molar-refractivity contribution < 1.29 is 51.0 Å². The molecule has 0 saturated heterocycles. The van der Waals surface area contributed by atoms with E-state index in [1.807, 2.05) is 0 Å². The van der Waals surface area contributed by atoms with E-state index in [0.717, 1.165) is 0 Å². The van der Waals surface area contributed by atoms with Crippen LogP contribution < -0.4 is 19.7 Å². The van der Waals surface area contributed by atoms with Gasteiger partial charge in [0.15, 0.2) is 0 Å². The smallest absolute Gasteiger partial charge is 0.999 e. The number of ether oxygens (including phenoxy) is 2. The monoisotopic (exact) mass is 472 g/mol. The molecule has 0 fully saturated rings. The van der Waals surface area contributed by atoms with E-state index in [1.54, 1.807) is 36.4 Å². The van der Waals surface area contributed by atoms with Crippen molar-refractivity contribution >= 4 is 11.9 Å². The van der Waals surface area contributed by atoms with Crippen LogP contribution in [0, 0.1) is 48.5 Å². The third-order valence-electron chi connectivity index (χ3n) is 3.31. The average molecular weight is 472 g/mol. The van der Waals surface area contributed by atoms with Gasteiger partial charge in [-0.1, -0.05) is 24.3 Å². The maximum absolute atomic E-state index is 10.3. The van der Waals surface area contributed by atoms with Gasteiger partial charge in [0.2, 0.25) is 0 Å². The van der Waals surface area contributed by atoms with Crippen LogP contribution in [0.1, 0.15) is 20.7 Å². The van der Waals surface area contributed by atoms with Crippen molar-refractivity contribution in [2.75, 3.05) is 14.2 Å². The van der Waals surface area contributed by atoms with Crippen LogP contribution in [0.4, 0.5) is 0 Å². The number of methoxy groups -OCH3 is 2. The van der Waals surface area contributed by atoms with Gasteiger partial charge in [0, 0.05) is 11.1 Å². The van der Waals surface area contributed by atoms with Gasteiger partial charge in [-0.15, -0.1) is 0 Å². The maximum Gasteiger partial charge on any atom is 4.00 e. The van der Waals surface area contributed by atoms with Crippen LogP contribution in [-0.2, 0) is 21.7 Å². The van der Waals surface area contributed by atoms with E-state index in [4.69, 9.17) is 9.47 Å². The normalized spacial score (nSPS) is 8.55. The summed E-state index contributed by atoms with van der Waals surface area (Å²) in [5.74, 6) is -1.34. The molecule has 33 heavy (non-hydrogen) atoms. The fourth-order valence-corrected chi connectivity index (χ4v) is 1.86. The quantitative estimate of drug-likeness (QED) is 0.328. The Morgan fingerprint density at radius 3 is 1.24 bits per heavy atom. The van der Waals surface area contributed by atoms with Crippen molar-refractivity contribution in [2.45, 2.75) is 0 Å². The van der Waals surface area contributed by atoms with Crippen LogP contribution in [0.3, 0.4) is 0 Å². The molecule has 0 aliphatic carbocycles. The molecular formula is C26H16O6Ti-8. The van der Waals surface area contributed by atoms with Gasteiger partial charge >= 0.3 is 21.7 Å². The fourth-order valence-electron chi connectivity index (χ4n) is 1.86. The molecular weight excluding hydrogens is 456 g/mol. The zero-order chi connectivity index (χ0) is 23.6. The standard InChI is InChI=1S/2C8H8O3.2C5H.Ti/c2*1-11-7-4-2-3-6(5-7)8(9)10;2*1-2-4-5-3-1;/h2*2-5H,1H3,(H,9,10);2*1H;/q;;2*-5;+4/p-2. The van der Waals surface area contributed by atoms with Crippen LogP contribution >= 0.6 is 0 Å². The third kappa shape index (κ3) is 13.4. The summed E-state index contributed by atoms with van der Waals surface area (Å²) in [6.45, 7) is 0. The second kappa shape index (κ2) is 18.0. The van der Waals surface area contributed by atoms with E-state index < -0.39 is 11.9 Å². The molecule has 0 atom stereocenters. The largest absolute Gasteiger partial charge is 4.00 e. The number of carboxylic acids is 2. The van der Waals surface area contributed by atoms with E-state index in [9.17, 15) is 19.8 Å². The Morgan fingerprint density at radius 1 is 0.697 bits per heavy atom. The number of aromatic carboxylic acids is 2. The van der Waals surface area contributed by atoms with Crippen molar-refractivity contribution in [3.8, 4) is 11.5 Å². The van der Waals surface area contributed by atoms with Crippen molar-refractivity contribution in [1.82, 2.24) is 0 Å². The minimum absolute atomic E-state index is 0. The van der Waals surface area contributed by atoms with Crippen molar-refractivity contribution in [1.29, 1.82) is 0 Å². The van der Waals surface area contributed by atoms with Crippen LogP contribution in [0.15, 0.2) is 60.7 Å². The van der Waals surface area contributed by atoms with Crippen LogP contribution in [0.2, 0.25) is 0 Å². The fraction of sp³-hybridized carbons (Fsp3) is 0.0769. The summed E-state index contributed by atoms with van der Waals surface area (Å²) < 4.78 is 9.63. The molecule has 6 nitrogen and oxygen atoms in total. The van der Waals surface area contributed by atoms with Crippen LogP contribution in [0.25, 0.3) is 0 Å². The average Bonchev–Trinajstić information content (AvgIpc) is 3.59. The molecule has 0 unspecified atom stereocenters. The third-order valence-corrected chi connectivity index (χ3v) is 3.31. The van der Waals surface area contributed by atoms with Gasteiger partial charge in [-0.05, 0) is 24.3 Å². The summed E-state index contributed by atoms with van der Waals surface area (Å²) in [6, 6.07) is 36.3. The number of carbonyl (C=O) groups is 2. The first-order valence-electron chi connectivity index (χ1n) is 8.84. The number of carboxylic acid groups (broad SMARTS) is 2. The Bertz CT molecular complexity index is 893. The van der Waals surface area contributed by atoms with Crippen molar-refractivity contribution in [3.63, 3.8) is 0 Å². The van der Waals surface area contributed by atoms with Crippen molar-refractivity contribution in [2.24, 2.45) is 0 Å². The molecule has 7 heteroatoms. The van der Waals surface area contributed by atoms with Gasteiger partial charge in [0.25, 0.3) is 0 Å². The van der Waals surface area contributed by atoms with Gasteiger partial charge < -0.3 is 89.9 Å². The Kier molecular flexibility index (Phi) is 16.0. The Labute approximate surface area is 208 Å². The van der Waals surface area contributed by atoms with Crippen LogP contribution in [-0.4, -0.2) is 26.2 Å². The van der Waals surface area contributed by atoms with Gasteiger partial charge in [0.05, 0.1) is 26.2 Å². The zero-order valence-corrected chi connectivity index (χ0v) is 19.3. The number of hydrogen-bond donors (Lipinski definition) is 0. The number of benzene rings is 2. The number of carbonyl (C=O) groups excluding carboxylic acids is 2. The van der Waals surface area contributed by atoms with E-state index in [0.29, 0.717) is 11.5 Å². The predicted molar refractivity (Wildman–Crippen MR) is 109 cm³/mol. The first-order valence-corrected chi connectivity index (χ1v) is 8.84. The Morgan fingerprint density at radius 2 is 1.03 bits per heavy atom. The molecule has 4 rings (SSSR count). The number of hydrogen-bond acceptors (Lipinski definition) is 6. The van der Waals surface area contributed by atoms with Crippen LogP contribution in [0.5, 0.6) is 11.5 Å². The Balaban J connectivity index is 0.000000434. The molecule has 0 amide bonds. The van der Waals surface area contributed by atoms with Gasteiger partial charge in [-0.2, -0.15) is 0 Å². The molecule has 0 radical (unpaired) electrons. The molecule has 0 aliphatic heterocycles. The zero-order valence-electron chi connectivity index (χ0n) is 17.7. The summed E-state index contributed by atoms with van der Waals surface area (Å²) in [6.07, 6.45) is 0. The second-order valence-corrected chi connectivity index (χ2v) is 5.40. The molecule has 4 aromatic rings. The minimum atomic E-state index is -1.19. The molecule has 0 N–H and O–H groups in total. The second-order valence-electron chi connectivity index (χ2n) is 5.40. The molecule has 0 aliphatic rings. The summed E-state index contributed by atoms with van der Waals surface area (Å²) in [5, 5.41) is 20.6. The van der Waals surface area contributed by atoms with E-state index in [2.05, 4.69) is 48.5 Å². The minimum Gasteiger partial charge on any atom is -0.999 e. The molecule has 0 aromatic heterocycles. The SMILES string of the molecule is COc1cccc(C(=O)[O-])c1.COc1cccc(C(=O)[O-])c1.[Ti+4].[c-]1[c-][c-][cH-][c-]1.[c-]1[c-][c-][cH-][c-]1. The number of rotatable bonds is 4. The maximum atomic E-state index is 10.3.